The van der Waals surface area contributed by atoms with Crippen LogP contribution in [0.2, 0.25) is 0 Å². The fourth-order valence-corrected chi connectivity index (χ4v) is 3.65. The van der Waals surface area contributed by atoms with Crippen molar-refractivity contribution >= 4 is 0 Å². The summed E-state index contributed by atoms with van der Waals surface area (Å²) in [6.45, 7) is 0. The Hall–Kier alpha value is -0.780. The van der Waals surface area contributed by atoms with Crippen molar-refractivity contribution in [2.45, 2.75) is 122 Å². The van der Waals surface area contributed by atoms with Gasteiger partial charge in [0.15, 0.2) is 0 Å². The van der Waals surface area contributed by atoms with E-state index in [0.717, 1.165) is 0 Å². The Bertz CT molecular complexity index is 302. The summed E-state index contributed by atoms with van der Waals surface area (Å²) in [6.07, 6.45) is 40.5. The van der Waals surface area contributed by atoms with Crippen molar-refractivity contribution in [2.24, 2.45) is 0 Å². The van der Waals surface area contributed by atoms with Gasteiger partial charge in [-0.2, -0.15) is 0 Å². The molecule has 1 aliphatic rings. The van der Waals surface area contributed by atoms with Crippen LogP contribution in [0.25, 0.3) is 0 Å². The molecule has 0 fully saturated rings. The Kier molecular flexibility index (Phi) is 17.4. The lowest BCUT2D eigenvalue weighted by Crippen LogP contribution is -1.84. The molecule has 0 radical (unpaired) electrons. The van der Waals surface area contributed by atoms with Crippen LogP contribution >= 0.6 is 0 Å². The summed E-state index contributed by atoms with van der Waals surface area (Å²) in [6, 6.07) is 0. The van der Waals surface area contributed by atoms with E-state index >= 15 is 0 Å². The third-order valence-electron chi connectivity index (χ3n) is 5.35. The van der Waals surface area contributed by atoms with Crippen LogP contribution in [-0.2, 0) is 0 Å². The van der Waals surface area contributed by atoms with Gasteiger partial charge in [-0.05, 0) is 25.7 Å². The van der Waals surface area contributed by atoms with E-state index in [4.69, 9.17) is 0 Å². The van der Waals surface area contributed by atoms with Gasteiger partial charge in [0.25, 0.3) is 0 Å². The molecular formula is C25H44. The van der Waals surface area contributed by atoms with Gasteiger partial charge in [0.1, 0.15) is 0 Å². The SMILES string of the molecule is C1=CC=CCCCCCCCCCCCCCCCCCCCC=C1. The molecule has 0 atom stereocenters. The lowest BCUT2D eigenvalue weighted by Gasteiger charge is -2.03. The average molecular weight is 345 g/mol. The third-order valence-corrected chi connectivity index (χ3v) is 5.35. The van der Waals surface area contributed by atoms with Crippen molar-refractivity contribution in [1.29, 1.82) is 0 Å². The normalized spacial score (nSPS) is 22.1. The summed E-state index contributed by atoms with van der Waals surface area (Å²) < 4.78 is 0. The van der Waals surface area contributed by atoms with Crippen LogP contribution in [0.5, 0.6) is 0 Å². The summed E-state index contributed by atoms with van der Waals surface area (Å²) in [7, 11) is 0. The lowest BCUT2D eigenvalue weighted by molar-refractivity contribution is 0.526. The molecule has 0 aromatic carbocycles. The highest BCUT2D eigenvalue weighted by molar-refractivity contribution is 5.10. The van der Waals surface area contributed by atoms with Gasteiger partial charge in [-0.25, -0.2) is 0 Å². The highest BCUT2D eigenvalue weighted by Crippen LogP contribution is 2.14. The van der Waals surface area contributed by atoms with Gasteiger partial charge in [-0.15, -0.1) is 0 Å². The van der Waals surface area contributed by atoms with E-state index in [1.807, 2.05) is 0 Å². The monoisotopic (exact) mass is 344 g/mol. The van der Waals surface area contributed by atoms with E-state index in [2.05, 4.69) is 36.5 Å². The third kappa shape index (κ3) is 17.8. The molecule has 0 aliphatic heterocycles. The summed E-state index contributed by atoms with van der Waals surface area (Å²) in [5.41, 5.74) is 0. The second-order valence-electron chi connectivity index (χ2n) is 7.83. The van der Waals surface area contributed by atoms with Gasteiger partial charge >= 0.3 is 0 Å². The summed E-state index contributed by atoms with van der Waals surface area (Å²) in [5.74, 6) is 0. The van der Waals surface area contributed by atoms with Gasteiger partial charge in [-0.1, -0.05) is 133 Å². The molecule has 144 valence electrons. The van der Waals surface area contributed by atoms with Crippen LogP contribution in [0.3, 0.4) is 0 Å². The maximum atomic E-state index is 2.33. The zero-order valence-electron chi connectivity index (χ0n) is 16.9. The highest BCUT2D eigenvalue weighted by Gasteiger charge is 1.95. The molecule has 0 heterocycles. The van der Waals surface area contributed by atoms with E-state index in [-0.39, 0.29) is 0 Å². The fraction of sp³-hybridized carbons (Fsp3) is 0.760. The largest absolute Gasteiger partial charge is 0.0845 e. The first-order chi connectivity index (χ1) is 12.5. The molecule has 0 saturated heterocycles. The molecule has 0 aromatic heterocycles. The molecule has 0 spiro atoms. The molecule has 0 aromatic rings. The minimum absolute atomic E-state index is 1.24. The predicted octanol–water partition coefficient (Wildman–Crippen LogP) is 9.08. The minimum atomic E-state index is 1.24. The summed E-state index contributed by atoms with van der Waals surface area (Å²) in [4.78, 5) is 0. The zero-order valence-corrected chi connectivity index (χ0v) is 16.9. The first-order valence-electron chi connectivity index (χ1n) is 11.5. The van der Waals surface area contributed by atoms with Crippen LogP contribution < -0.4 is 0 Å². The molecule has 0 unspecified atom stereocenters. The first kappa shape index (κ1) is 22.3. The molecule has 0 saturated carbocycles. The molecule has 0 bridgehead atoms. The summed E-state index contributed by atoms with van der Waals surface area (Å²) >= 11 is 0. The van der Waals surface area contributed by atoms with Crippen LogP contribution in [0.1, 0.15) is 122 Å². The molecule has 0 heteroatoms. The number of hydrogen-bond acceptors (Lipinski definition) is 0. The molecule has 0 nitrogen and oxygen atoms in total. The van der Waals surface area contributed by atoms with E-state index < -0.39 is 0 Å². The Morgan fingerprint density at radius 2 is 0.480 bits per heavy atom. The van der Waals surface area contributed by atoms with Crippen LogP contribution in [0.4, 0.5) is 0 Å². The number of rotatable bonds is 0. The van der Waals surface area contributed by atoms with Crippen molar-refractivity contribution in [1.82, 2.24) is 0 Å². The van der Waals surface area contributed by atoms with Gasteiger partial charge in [0.2, 0.25) is 0 Å². The van der Waals surface area contributed by atoms with E-state index in [1.54, 1.807) is 0 Å². The van der Waals surface area contributed by atoms with Crippen LogP contribution in [0, 0.1) is 0 Å². The molecule has 1 rings (SSSR count). The average Bonchev–Trinajstić information content (AvgIpc) is 2.62. The van der Waals surface area contributed by atoms with Gasteiger partial charge < -0.3 is 0 Å². The molecule has 0 N–H and O–H groups in total. The Morgan fingerprint density at radius 1 is 0.240 bits per heavy atom. The highest BCUT2D eigenvalue weighted by atomic mass is 14.0. The van der Waals surface area contributed by atoms with Gasteiger partial charge in [-0.3, -0.25) is 0 Å². The van der Waals surface area contributed by atoms with Crippen molar-refractivity contribution < 1.29 is 0 Å². The topological polar surface area (TPSA) is 0 Å². The van der Waals surface area contributed by atoms with E-state index in [9.17, 15) is 0 Å². The van der Waals surface area contributed by atoms with Crippen LogP contribution in [0.15, 0.2) is 36.5 Å². The van der Waals surface area contributed by atoms with Crippen molar-refractivity contribution in [3.8, 4) is 0 Å². The standard InChI is InChI=1S/C25H44/c1-2-4-6-8-10-12-14-16-18-20-22-24-25-23-21-19-17-15-13-11-9-7-5-3-1/h1-6H,7-25H2. The second-order valence-corrected chi connectivity index (χ2v) is 7.83. The van der Waals surface area contributed by atoms with Crippen molar-refractivity contribution in [3.63, 3.8) is 0 Å². The minimum Gasteiger partial charge on any atom is -0.0845 e. The Morgan fingerprint density at radius 3 is 0.760 bits per heavy atom. The second kappa shape index (κ2) is 19.5. The van der Waals surface area contributed by atoms with Gasteiger partial charge in [0, 0.05) is 0 Å². The lowest BCUT2D eigenvalue weighted by atomic mass is 10.0. The maximum absolute atomic E-state index is 2.33. The molecular weight excluding hydrogens is 300 g/mol. The summed E-state index contributed by atoms with van der Waals surface area (Å²) in [5, 5.41) is 0. The zero-order chi connectivity index (χ0) is 17.7. The number of allylic oxidation sites excluding steroid dienone is 6. The van der Waals surface area contributed by atoms with E-state index in [1.165, 1.54) is 122 Å². The quantitative estimate of drug-likeness (QED) is 0.411. The van der Waals surface area contributed by atoms with Crippen LogP contribution in [-0.4, -0.2) is 0 Å². The first-order valence-corrected chi connectivity index (χ1v) is 11.5. The van der Waals surface area contributed by atoms with Gasteiger partial charge in [0.05, 0.1) is 0 Å². The Labute approximate surface area is 158 Å². The maximum Gasteiger partial charge on any atom is -0.0348 e. The number of hydrogen-bond donors (Lipinski definition) is 0. The predicted molar refractivity (Wildman–Crippen MR) is 115 cm³/mol. The van der Waals surface area contributed by atoms with E-state index in [0.29, 0.717) is 0 Å². The molecule has 1 aliphatic carbocycles. The fourth-order valence-electron chi connectivity index (χ4n) is 3.65. The molecule has 25 heavy (non-hydrogen) atoms. The smallest absolute Gasteiger partial charge is 0.0348 e. The van der Waals surface area contributed by atoms with Crippen molar-refractivity contribution in [3.05, 3.63) is 36.5 Å². The molecule has 0 amide bonds. The van der Waals surface area contributed by atoms with Crippen molar-refractivity contribution in [2.75, 3.05) is 0 Å². The Balaban J connectivity index is 2.14.